The SMILES string of the molecule is NC1CCN(C(c2ccc3nnc(-c4ccc5cc(F)c(C6CC6)cc5n4)n3c2)C(F)(F)F)C1. The van der Waals surface area contributed by atoms with Crippen molar-refractivity contribution in [3.05, 3.63) is 59.5 Å². The maximum absolute atomic E-state index is 14.4. The first-order valence-electron chi connectivity index (χ1n) is 11.3. The molecule has 0 spiro atoms. The summed E-state index contributed by atoms with van der Waals surface area (Å²) in [7, 11) is 0. The molecular formula is C24H22F4N6. The summed E-state index contributed by atoms with van der Waals surface area (Å²) < 4.78 is 58.2. The van der Waals surface area contributed by atoms with Crippen LogP contribution in [0.1, 0.15) is 42.3 Å². The highest BCUT2D eigenvalue weighted by atomic mass is 19.4. The van der Waals surface area contributed by atoms with Crippen LogP contribution in [0.25, 0.3) is 28.1 Å². The van der Waals surface area contributed by atoms with Crippen molar-refractivity contribution in [3.8, 4) is 11.5 Å². The lowest BCUT2D eigenvalue weighted by molar-refractivity contribution is -0.183. The Kier molecular flexibility index (Phi) is 4.86. The van der Waals surface area contributed by atoms with Crippen molar-refractivity contribution in [2.75, 3.05) is 13.1 Å². The zero-order valence-corrected chi connectivity index (χ0v) is 18.1. The van der Waals surface area contributed by atoms with Gasteiger partial charge in [-0.3, -0.25) is 9.30 Å². The molecule has 1 saturated carbocycles. The third-order valence-electron chi connectivity index (χ3n) is 6.73. The van der Waals surface area contributed by atoms with Crippen molar-refractivity contribution in [2.45, 2.75) is 43.4 Å². The summed E-state index contributed by atoms with van der Waals surface area (Å²) in [4.78, 5) is 6.02. The van der Waals surface area contributed by atoms with E-state index in [-0.39, 0.29) is 36.4 Å². The molecule has 2 N–H and O–H groups in total. The van der Waals surface area contributed by atoms with Gasteiger partial charge in [-0.2, -0.15) is 13.2 Å². The standard InChI is InChI=1S/C24H22F4N6/c25-18-9-14-3-5-19(30-20(14)10-17(18)13-1-2-13)23-32-31-21-6-4-15(11-34(21)23)22(24(26,27)28)33-8-7-16(29)12-33/h3-6,9-11,13,16,22H,1-2,7-8,12,29H2. The lowest BCUT2D eigenvalue weighted by atomic mass is 10.1. The number of alkyl halides is 3. The normalized spacial score (nSPS) is 20.4. The molecule has 2 aliphatic rings. The van der Waals surface area contributed by atoms with Crippen LogP contribution >= 0.6 is 0 Å². The van der Waals surface area contributed by atoms with E-state index in [1.807, 2.05) is 0 Å². The third kappa shape index (κ3) is 3.70. The first kappa shape index (κ1) is 21.4. The highest BCUT2D eigenvalue weighted by Crippen LogP contribution is 2.42. The molecule has 2 atom stereocenters. The van der Waals surface area contributed by atoms with Gasteiger partial charge in [-0.1, -0.05) is 12.1 Å². The average molecular weight is 470 g/mol. The molecular weight excluding hydrogens is 448 g/mol. The predicted octanol–water partition coefficient (Wildman–Crippen LogP) is 4.60. The van der Waals surface area contributed by atoms with Crippen LogP contribution in [0.2, 0.25) is 0 Å². The summed E-state index contributed by atoms with van der Waals surface area (Å²) in [6, 6.07) is 7.59. The zero-order chi connectivity index (χ0) is 23.6. The van der Waals surface area contributed by atoms with Crippen LogP contribution in [0.15, 0.2) is 42.6 Å². The number of pyridine rings is 2. The molecule has 10 heteroatoms. The average Bonchev–Trinajstić information content (AvgIpc) is 3.41. The number of aromatic nitrogens is 4. The summed E-state index contributed by atoms with van der Waals surface area (Å²) in [5, 5.41) is 8.96. The molecule has 3 aromatic heterocycles. The third-order valence-corrected chi connectivity index (χ3v) is 6.73. The summed E-state index contributed by atoms with van der Waals surface area (Å²) in [5.41, 5.74) is 8.12. The number of benzene rings is 1. The number of rotatable bonds is 4. The molecule has 1 aliphatic carbocycles. The molecule has 176 valence electrons. The Morgan fingerprint density at radius 1 is 1.03 bits per heavy atom. The van der Waals surface area contributed by atoms with Gasteiger partial charge in [0.15, 0.2) is 11.5 Å². The van der Waals surface area contributed by atoms with E-state index in [9.17, 15) is 17.6 Å². The molecule has 0 radical (unpaired) electrons. The van der Waals surface area contributed by atoms with Gasteiger partial charge in [0, 0.05) is 30.7 Å². The first-order chi connectivity index (χ1) is 16.3. The Bertz CT molecular complexity index is 1390. The van der Waals surface area contributed by atoms with Gasteiger partial charge in [-0.15, -0.1) is 10.2 Å². The fourth-order valence-electron chi connectivity index (χ4n) is 4.89. The molecule has 34 heavy (non-hydrogen) atoms. The lowest BCUT2D eigenvalue weighted by Crippen LogP contribution is -2.38. The van der Waals surface area contributed by atoms with Crippen LogP contribution in [0.5, 0.6) is 0 Å². The van der Waals surface area contributed by atoms with E-state index in [1.165, 1.54) is 33.7 Å². The summed E-state index contributed by atoms with van der Waals surface area (Å²) in [6.07, 6.45) is -0.587. The van der Waals surface area contributed by atoms with Gasteiger partial charge < -0.3 is 5.73 Å². The second kappa shape index (κ2) is 7.71. The van der Waals surface area contributed by atoms with Gasteiger partial charge in [-0.25, -0.2) is 9.37 Å². The minimum absolute atomic E-state index is 0.0917. The summed E-state index contributed by atoms with van der Waals surface area (Å²) >= 11 is 0. The molecule has 1 aliphatic heterocycles. The maximum atomic E-state index is 14.4. The van der Waals surface area contributed by atoms with Crippen LogP contribution in [-0.4, -0.2) is 49.8 Å². The van der Waals surface area contributed by atoms with Crippen LogP contribution in [0.3, 0.4) is 0 Å². The highest BCUT2D eigenvalue weighted by molar-refractivity contribution is 5.82. The molecule has 1 saturated heterocycles. The van der Waals surface area contributed by atoms with Gasteiger partial charge >= 0.3 is 6.18 Å². The molecule has 2 fully saturated rings. The Morgan fingerprint density at radius 2 is 1.85 bits per heavy atom. The van der Waals surface area contributed by atoms with Crippen molar-refractivity contribution >= 4 is 16.6 Å². The largest absolute Gasteiger partial charge is 0.408 e. The molecule has 1 aromatic carbocycles. The molecule has 0 bridgehead atoms. The smallest absolute Gasteiger partial charge is 0.326 e. The number of hydrogen-bond acceptors (Lipinski definition) is 5. The van der Waals surface area contributed by atoms with E-state index in [0.29, 0.717) is 40.1 Å². The van der Waals surface area contributed by atoms with E-state index < -0.39 is 12.2 Å². The number of nitrogens with zero attached hydrogens (tertiary/aromatic N) is 5. The lowest BCUT2D eigenvalue weighted by Gasteiger charge is -2.30. The minimum atomic E-state index is -4.46. The maximum Gasteiger partial charge on any atom is 0.408 e. The fraction of sp³-hybridized carbons (Fsp3) is 0.375. The predicted molar refractivity (Wildman–Crippen MR) is 119 cm³/mol. The molecule has 6 rings (SSSR count). The monoisotopic (exact) mass is 470 g/mol. The number of fused-ring (bicyclic) bond motifs is 2. The van der Waals surface area contributed by atoms with Gasteiger partial charge in [0.05, 0.1) is 5.52 Å². The summed E-state index contributed by atoms with van der Waals surface area (Å²) in [5.74, 6) is 0.321. The second-order valence-electron chi connectivity index (χ2n) is 9.24. The molecule has 0 amide bonds. The van der Waals surface area contributed by atoms with E-state index in [1.54, 1.807) is 18.2 Å². The zero-order valence-electron chi connectivity index (χ0n) is 18.1. The second-order valence-corrected chi connectivity index (χ2v) is 9.24. The molecule has 4 aromatic rings. The number of halogens is 4. The van der Waals surface area contributed by atoms with Gasteiger partial charge in [0.25, 0.3) is 0 Å². The number of likely N-dealkylation sites (tertiary alicyclic amines) is 1. The van der Waals surface area contributed by atoms with E-state index in [0.717, 1.165) is 12.8 Å². The number of hydrogen-bond donors (Lipinski definition) is 1. The fourth-order valence-corrected chi connectivity index (χ4v) is 4.89. The Morgan fingerprint density at radius 3 is 2.56 bits per heavy atom. The van der Waals surface area contributed by atoms with Gasteiger partial charge in [-0.05, 0) is 60.6 Å². The summed E-state index contributed by atoms with van der Waals surface area (Å²) in [6.45, 7) is 0.466. The van der Waals surface area contributed by atoms with Crippen LogP contribution < -0.4 is 5.73 Å². The van der Waals surface area contributed by atoms with E-state index in [2.05, 4.69) is 15.2 Å². The van der Waals surface area contributed by atoms with Crippen molar-refractivity contribution in [3.63, 3.8) is 0 Å². The Labute approximate surface area is 192 Å². The molecule has 6 nitrogen and oxygen atoms in total. The quantitative estimate of drug-likeness (QED) is 0.442. The highest BCUT2D eigenvalue weighted by Gasteiger charge is 2.46. The van der Waals surface area contributed by atoms with Crippen LogP contribution in [0, 0.1) is 5.82 Å². The van der Waals surface area contributed by atoms with Crippen LogP contribution in [-0.2, 0) is 0 Å². The van der Waals surface area contributed by atoms with Gasteiger partial charge in [0.1, 0.15) is 17.6 Å². The molecule has 4 heterocycles. The topological polar surface area (TPSA) is 72.3 Å². The molecule has 2 unspecified atom stereocenters. The Hall–Kier alpha value is -3.11. The minimum Gasteiger partial charge on any atom is -0.326 e. The van der Waals surface area contributed by atoms with Crippen LogP contribution in [0.4, 0.5) is 17.6 Å². The Balaban J connectivity index is 1.44. The van der Waals surface area contributed by atoms with Gasteiger partial charge in [0.2, 0.25) is 0 Å². The van der Waals surface area contributed by atoms with Crippen molar-refractivity contribution in [1.82, 2.24) is 24.5 Å². The number of nitrogens with two attached hydrogens (primary N) is 1. The van der Waals surface area contributed by atoms with Crippen molar-refractivity contribution in [1.29, 1.82) is 0 Å². The van der Waals surface area contributed by atoms with E-state index >= 15 is 0 Å². The first-order valence-corrected chi connectivity index (χ1v) is 11.3. The van der Waals surface area contributed by atoms with E-state index in [4.69, 9.17) is 5.73 Å². The van der Waals surface area contributed by atoms with Crippen molar-refractivity contribution in [2.24, 2.45) is 5.73 Å². The van der Waals surface area contributed by atoms with Crippen molar-refractivity contribution < 1.29 is 17.6 Å².